The molecule has 0 bridgehead atoms. The molecular weight excluding hydrogens is 232 g/mol. The lowest BCUT2D eigenvalue weighted by molar-refractivity contribution is -0.119. The molecule has 1 rings (SSSR count). The molecule has 0 aromatic heterocycles. The zero-order valence-corrected chi connectivity index (χ0v) is 11.2. The lowest BCUT2D eigenvalue weighted by atomic mass is 10.1. The number of nitrogens with one attached hydrogen (secondary N) is 2. The minimum absolute atomic E-state index is 0.00708. The summed E-state index contributed by atoms with van der Waals surface area (Å²) in [4.78, 5) is 11.2. The summed E-state index contributed by atoms with van der Waals surface area (Å²) in [5.41, 5.74) is 0.959. The van der Waals surface area contributed by atoms with E-state index in [4.69, 9.17) is 9.47 Å². The highest BCUT2D eigenvalue weighted by Gasteiger charge is 2.13. The molecule has 5 heteroatoms. The average Bonchev–Trinajstić information content (AvgIpc) is 2.43. The van der Waals surface area contributed by atoms with E-state index in [1.54, 1.807) is 21.3 Å². The van der Waals surface area contributed by atoms with Gasteiger partial charge >= 0.3 is 0 Å². The van der Waals surface area contributed by atoms with Gasteiger partial charge in [0.05, 0.1) is 20.8 Å². The van der Waals surface area contributed by atoms with Crippen LogP contribution in [0.25, 0.3) is 0 Å². The molecule has 18 heavy (non-hydrogen) atoms. The first-order valence-corrected chi connectivity index (χ1v) is 5.78. The molecule has 1 unspecified atom stereocenters. The molecule has 0 fully saturated rings. The normalized spacial score (nSPS) is 11.8. The molecule has 0 radical (unpaired) electrons. The van der Waals surface area contributed by atoms with Gasteiger partial charge in [-0.3, -0.25) is 4.79 Å². The summed E-state index contributed by atoms with van der Waals surface area (Å²) >= 11 is 0. The maximum Gasteiger partial charge on any atom is 0.233 e. The van der Waals surface area contributed by atoms with E-state index in [1.807, 2.05) is 25.1 Å². The van der Waals surface area contributed by atoms with Crippen LogP contribution in [0.5, 0.6) is 11.5 Å². The summed E-state index contributed by atoms with van der Waals surface area (Å²) in [7, 11) is 4.85. The van der Waals surface area contributed by atoms with E-state index >= 15 is 0 Å². The SMILES string of the molecule is CNC(=O)CNC(C)c1cc(OC)ccc1OC. The van der Waals surface area contributed by atoms with Crippen LogP contribution in [0.15, 0.2) is 18.2 Å². The predicted molar refractivity (Wildman–Crippen MR) is 70.0 cm³/mol. The van der Waals surface area contributed by atoms with Crippen molar-refractivity contribution < 1.29 is 14.3 Å². The molecule has 0 saturated heterocycles. The third-order valence-electron chi connectivity index (χ3n) is 2.75. The molecule has 100 valence electrons. The number of hydrogen-bond donors (Lipinski definition) is 2. The standard InChI is InChI=1S/C13H20N2O3/c1-9(15-8-13(16)14-2)11-7-10(17-3)5-6-12(11)18-4/h5-7,9,15H,8H2,1-4H3,(H,14,16). The van der Waals surface area contributed by atoms with Gasteiger partial charge in [-0.25, -0.2) is 0 Å². The van der Waals surface area contributed by atoms with Gasteiger partial charge in [0.2, 0.25) is 5.91 Å². The van der Waals surface area contributed by atoms with Crippen molar-refractivity contribution >= 4 is 5.91 Å². The predicted octanol–water partition coefficient (Wildman–Crippen LogP) is 1.10. The number of hydrogen-bond acceptors (Lipinski definition) is 4. The van der Waals surface area contributed by atoms with E-state index in [0.717, 1.165) is 17.1 Å². The van der Waals surface area contributed by atoms with Crippen molar-refractivity contribution in [2.24, 2.45) is 0 Å². The third kappa shape index (κ3) is 3.63. The topological polar surface area (TPSA) is 59.6 Å². The van der Waals surface area contributed by atoms with Crippen LogP contribution in [0, 0.1) is 0 Å². The monoisotopic (exact) mass is 252 g/mol. The Balaban J connectivity index is 2.82. The van der Waals surface area contributed by atoms with Gasteiger partial charge in [-0.1, -0.05) is 0 Å². The van der Waals surface area contributed by atoms with E-state index in [0.29, 0.717) is 0 Å². The van der Waals surface area contributed by atoms with E-state index in [2.05, 4.69) is 10.6 Å². The molecule has 1 aromatic rings. The quantitative estimate of drug-likeness (QED) is 0.796. The molecule has 0 heterocycles. The second-order valence-electron chi connectivity index (χ2n) is 3.88. The number of amides is 1. The number of carbonyl (C=O) groups excluding carboxylic acids is 1. The van der Waals surface area contributed by atoms with Crippen molar-refractivity contribution in [3.8, 4) is 11.5 Å². The van der Waals surface area contributed by atoms with Crippen molar-refractivity contribution in [1.29, 1.82) is 0 Å². The molecule has 0 aliphatic carbocycles. The molecule has 0 saturated carbocycles. The van der Waals surface area contributed by atoms with Crippen LogP contribution in [0.1, 0.15) is 18.5 Å². The second-order valence-corrected chi connectivity index (χ2v) is 3.88. The lowest BCUT2D eigenvalue weighted by Gasteiger charge is -2.17. The molecule has 0 spiro atoms. The van der Waals surface area contributed by atoms with Gasteiger partial charge in [0.15, 0.2) is 0 Å². The number of ether oxygens (including phenoxy) is 2. The zero-order valence-electron chi connectivity index (χ0n) is 11.2. The Bertz CT molecular complexity index is 407. The fraction of sp³-hybridized carbons (Fsp3) is 0.462. The number of rotatable bonds is 6. The minimum Gasteiger partial charge on any atom is -0.497 e. The van der Waals surface area contributed by atoms with Crippen LogP contribution >= 0.6 is 0 Å². The molecule has 0 aliphatic heterocycles. The molecule has 1 atom stereocenters. The van der Waals surface area contributed by atoms with Crippen molar-refractivity contribution in [3.63, 3.8) is 0 Å². The average molecular weight is 252 g/mol. The Labute approximate surface area is 107 Å². The first kappa shape index (κ1) is 14.3. The van der Waals surface area contributed by atoms with Gasteiger partial charge in [0.1, 0.15) is 11.5 Å². The van der Waals surface area contributed by atoms with Crippen molar-refractivity contribution in [3.05, 3.63) is 23.8 Å². The van der Waals surface area contributed by atoms with E-state index < -0.39 is 0 Å². The zero-order chi connectivity index (χ0) is 13.5. The summed E-state index contributed by atoms with van der Waals surface area (Å²) in [6.07, 6.45) is 0. The smallest absolute Gasteiger partial charge is 0.233 e. The highest BCUT2D eigenvalue weighted by Crippen LogP contribution is 2.28. The summed E-state index contributed by atoms with van der Waals surface area (Å²) < 4.78 is 10.5. The summed E-state index contributed by atoms with van der Waals surface area (Å²) in [5.74, 6) is 1.48. The van der Waals surface area contributed by atoms with E-state index in [1.165, 1.54) is 0 Å². The van der Waals surface area contributed by atoms with Crippen LogP contribution in [0.2, 0.25) is 0 Å². The first-order chi connectivity index (χ1) is 8.62. The van der Waals surface area contributed by atoms with Gasteiger partial charge < -0.3 is 20.1 Å². The summed E-state index contributed by atoms with van der Waals surface area (Å²) in [5, 5.41) is 5.69. The van der Waals surface area contributed by atoms with Gasteiger partial charge in [-0.05, 0) is 25.1 Å². The Hall–Kier alpha value is -1.75. The van der Waals surface area contributed by atoms with Gasteiger partial charge in [-0.15, -0.1) is 0 Å². The van der Waals surface area contributed by atoms with Gasteiger partial charge in [0.25, 0.3) is 0 Å². The molecule has 1 aromatic carbocycles. The number of methoxy groups -OCH3 is 2. The number of benzene rings is 1. The maximum absolute atomic E-state index is 11.2. The summed E-state index contributed by atoms with van der Waals surface area (Å²) in [6, 6.07) is 5.59. The lowest BCUT2D eigenvalue weighted by Crippen LogP contribution is -2.33. The van der Waals surface area contributed by atoms with E-state index in [9.17, 15) is 4.79 Å². The number of carbonyl (C=O) groups is 1. The Morgan fingerprint density at radius 2 is 2.06 bits per heavy atom. The van der Waals surface area contributed by atoms with Crippen LogP contribution in [0.3, 0.4) is 0 Å². The third-order valence-corrected chi connectivity index (χ3v) is 2.75. The van der Waals surface area contributed by atoms with Crippen LogP contribution < -0.4 is 20.1 Å². The molecule has 2 N–H and O–H groups in total. The minimum atomic E-state index is -0.0521. The molecular formula is C13H20N2O3. The van der Waals surface area contributed by atoms with Crippen molar-refractivity contribution in [1.82, 2.24) is 10.6 Å². The number of likely N-dealkylation sites (N-methyl/N-ethyl adjacent to an activating group) is 1. The van der Waals surface area contributed by atoms with Gasteiger partial charge in [0, 0.05) is 18.7 Å². The van der Waals surface area contributed by atoms with Crippen LogP contribution in [0.4, 0.5) is 0 Å². The Morgan fingerprint density at radius 1 is 1.33 bits per heavy atom. The highest BCUT2D eigenvalue weighted by molar-refractivity contribution is 5.77. The largest absolute Gasteiger partial charge is 0.497 e. The Morgan fingerprint density at radius 3 is 2.61 bits per heavy atom. The Kier molecular flexibility index (Phi) is 5.45. The van der Waals surface area contributed by atoms with Crippen LogP contribution in [-0.2, 0) is 4.79 Å². The van der Waals surface area contributed by atoms with E-state index in [-0.39, 0.29) is 18.5 Å². The fourth-order valence-electron chi connectivity index (χ4n) is 1.62. The van der Waals surface area contributed by atoms with Crippen molar-refractivity contribution in [2.45, 2.75) is 13.0 Å². The molecule has 1 amide bonds. The molecule has 0 aliphatic rings. The summed E-state index contributed by atoms with van der Waals surface area (Å²) in [6.45, 7) is 2.23. The second kappa shape index (κ2) is 6.86. The highest BCUT2D eigenvalue weighted by atomic mass is 16.5. The van der Waals surface area contributed by atoms with Crippen LogP contribution in [-0.4, -0.2) is 33.7 Å². The molecule has 5 nitrogen and oxygen atoms in total. The van der Waals surface area contributed by atoms with Crippen molar-refractivity contribution in [2.75, 3.05) is 27.8 Å². The maximum atomic E-state index is 11.2. The fourth-order valence-corrected chi connectivity index (χ4v) is 1.62. The first-order valence-electron chi connectivity index (χ1n) is 5.78. The van der Waals surface area contributed by atoms with Gasteiger partial charge in [-0.2, -0.15) is 0 Å².